The number of nitrogens with one attached hydrogen (secondary N) is 2. The molecule has 0 aliphatic carbocycles. The van der Waals surface area contributed by atoms with E-state index in [0.29, 0.717) is 5.82 Å². The average molecular weight is 454 g/mol. The molecule has 2 N–H and O–H groups in total. The predicted molar refractivity (Wildman–Crippen MR) is 133 cm³/mol. The van der Waals surface area contributed by atoms with Crippen molar-refractivity contribution in [3.05, 3.63) is 48.5 Å². The number of H-pyrrole nitrogens is 2. The zero-order valence-corrected chi connectivity index (χ0v) is 19.4. The highest BCUT2D eigenvalue weighted by atomic mass is 15.2. The molecule has 0 radical (unpaired) electrons. The summed E-state index contributed by atoms with van der Waals surface area (Å²) in [6, 6.07) is 6.25. The fraction of sp³-hybridized carbons (Fsp3) is 0.320. The topological polar surface area (TPSA) is 103 Å². The molecule has 0 saturated carbocycles. The molecule has 0 aromatic carbocycles. The van der Waals surface area contributed by atoms with Crippen LogP contribution in [-0.2, 0) is 6.54 Å². The molecule has 1 aliphatic heterocycles. The van der Waals surface area contributed by atoms with Gasteiger partial charge in [0.05, 0.1) is 23.1 Å². The summed E-state index contributed by atoms with van der Waals surface area (Å²) < 4.78 is 0. The third kappa shape index (κ3) is 3.77. The Kier molecular flexibility index (Phi) is 5.18. The third-order valence-corrected chi connectivity index (χ3v) is 6.32. The van der Waals surface area contributed by atoms with Crippen LogP contribution >= 0.6 is 0 Å². The lowest BCUT2D eigenvalue weighted by Gasteiger charge is -2.28. The molecule has 0 amide bonds. The standard InChI is InChI=1S/C25H27N9/c1-33(2)15-16-10-17(13-26-12-16)19-11-18-20(14-28-19)31-32-22(18)25-29-23-21(6-7-27-24(23)30-25)34-8-4-3-5-9-34/h6-7,10-14H,3-5,8-9,15H2,1-2H3,(H,31,32)(H,27,29,30). The molecule has 0 spiro atoms. The van der Waals surface area contributed by atoms with Crippen molar-refractivity contribution >= 4 is 27.8 Å². The van der Waals surface area contributed by atoms with E-state index < -0.39 is 0 Å². The van der Waals surface area contributed by atoms with Gasteiger partial charge < -0.3 is 14.8 Å². The third-order valence-electron chi connectivity index (χ3n) is 6.32. The molecule has 0 bridgehead atoms. The maximum Gasteiger partial charge on any atom is 0.161 e. The lowest BCUT2D eigenvalue weighted by molar-refractivity contribution is 0.402. The number of aromatic nitrogens is 7. The number of piperidine rings is 1. The second-order valence-electron chi connectivity index (χ2n) is 9.17. The minimum atomic E-state index is 0.704. The van der Waals surface area contributed by atoms with Gasteiger partial charge in [-0.1, -0.05) is 0 Å². The van der Waals surface area contributed by atoms with E-state index in [1.54, 1.807) is 0 Å². The number of hydrogen-bond acceptors (Lipinski definition) is 7. The fourth-order valence-corrected chi connectivity index (χ4v) is 4.73. The van der Waals surface area contributed by atoms with Gasteiger partial charge in [0.1, 0.15) is 11.2 Å². The summed E-state index contributed by atoms with van der Waals surface area (Å²) >= 11 is 0. The Balaban J connectivity index is 1.41. The smallest absolute Gasteiger partial charge is 0.161 e. The molecule has 9 nitrogen and oxygen atoms in total. The van der Waals surface area contributed by atoms with E-state index in [1.165, 1.54) is 19.3 Å². The number of aromatic amines is 2. The first kappa shape index (κ1) is 20.7. The van der Waals surface area contributed by atoms with Crippen LogP contribution in [0.3, 0.4) is 0 Å². The summed E-state index contributed by atoms with van der Waals surface area (Å²) in [4.78, 5) is 26.5. The molecule has 9 heteroatoms. The van der Waals surface area contributed by atoms with Crippen molar-refractivity contribution in [1.82, 2.24) is 40.0 Å². The summed E-state index contributed by atoms with van der Waals surface area (Å²) in [7, 11) is 4.10. The highest BCUT2D eigenvalue weighted by Gasteiger charge is 2.19. The van der Waals surface area contributed by atoms with Crippen molar-refractivity contribution in [3.63, 3.8) is 0 Å². The van der Waals surface area contributed by atoms with E-state index in [1.807, 2.05) is 38.9 Å². The number of fused-ring (bicyclic) bond motifs is 2. The highest BCUT2D eigenvalue weighted by Crippen LogP contribution is 2.32. The van der Waals surface area contributed by atoms with Gasteiger partial charge >= 0.3 is 0 Å². The maximum atomic E-state index is 4.95. The number of rotatable bonds is 5. The van der Waals surface area contributed by atoms with E-state index in [0.717, 1.165) is 69.9 Å². The van der Waals surface area contributed by atoms with E-state index in [9.17, 15) is 0 Å². The molecule has 172 valence electrons. The largest absolute Gasteiger partial charge is 0.370 e. The Bertz CT molecular complexity index is 1460. The van der Waals surface area contributed by atoms with Gasteiger partial charge in [-0.2, -0.15) is 5.10 Å². The van der Waals surface area contributed by atoms with Gasteiger partial charge in [0, 0.05) is 49.2 Å². The van der Waals surface area contributed by atoms with Crippen molar-refractivity contribution in [1.29, 1.82) is 0 Å². The Hall–Kier alpha value is -3.85. The zero-order chi connectivity index (χ0) is 23.1. The van der Waals surface area contributed by atoms with Crippen molar-refractivity contribution < 1.29 is 0 Å². The Morgan fingerprint density at radius 3 is 2.76 bits per heavy atom. The molecule has 1 saturated heterocycles. The number of nitrogens with zero attached hydrogens (tertiary/aromatic N) is 7. The van der Waals surface area contributed by atoms with Crippen molar-refractivity contribution in [2.24, 2.45) is 0 Å². The van der Waals surface area contributed by atoms with Crippen molar-refractivity contribution in [2.45, 2.75) is 25.8 Å². The first-order chi connectivity index (χ1) is 16.7. The van der Waals surface area contributed by atoms with Gasteiger partial charge in [-0.25, -0.2) is 9.97 Å². The van der Waals surface area contributed by atoms with E-state index in [-0.39, 0.29) is 0 Å². The van der Waals surface area contributed by atoms with Crippen LogP contribution in [0.5, 0.6) is 0 Å². The minimum Gasteiger partial charge on any atom is -0.370 e. The van der Waals surface area contributed by atoms with Crippen LogP contribution < -0.4 is 4.90 Å². The predicted octanol–water partition coefficient (Wildman–Crippen LogP) is 4.01. The Morgan fingerprint density at radius 1 is 1.03 bits per heavy atom. The summed E-state index contributed by atoms with van der Waals surface area (Å²) in [6.07, 6.45) is 11.1. The molecule has 0 atom stereocenters. The quantitative estimate of drug-likeness (QED) is 0.414. The molecular weight excluding hydrogens is 426 g/mol. The molecular formula is C25H27N9. The maximum absolute atomic E-state index is 4.95. The second kappa shape index (κ2) is 8.49. The van der Waals surface area contributed by atoms with Crippen LogP contribution in [0, 0.1) is 0 Å². The van der Waals surface area contributed by atoms with Gasteiger partial charge in [0.2, 0.25) is 0 Å². The van der Waals surface area contributed by atoms with Gasteiger partial charge in [0.25, 0.3) is 0 Å². The number of pyridine rings is 3. The molecule has 6 heterocycles. The lowest BCUT2D eigenvalue weighted by Crippen LogP contribution is -2.29. The summed E-state index contributed by atoms with van der Waals surface area (Å²) in [6.45, 7) is 2.94. The van der Waals surface area contributed by atoms with Crippen LogP contribution in [0.1, 0.15) is 24.8 Å². The fourth-order valence-electron chi connectivity index (χ4n) is 4.73. The number of hydrogen-bond donors (Lipinski definition) is 2. The van der Waals surface area contributed by atoms with Crippen molar-refractivity contribution in [2.75, 3.05) is 32.1 Å². The molecule has 34 heavy (non-hydrogen) atoms. The van der Waals surface area contributed by atoms with E-state index in [2.05, 4.69) is 58.1 Å². The number of imidazole rings is 1. The van der Waals surface area contributed by atoms with E-state index in [4.69, 9.17) is 4.98 Å². The van der Waals surface area contributed by atoms with Gasteiger partial charge in [-0.05, 0) is 57.1 Å². The molecule has 5 aromatic heterocycles. The van der Waals surface area contributed by atoms with Crippen LogP contribution in [-0.4, -0.2) is 67.2 Å². The highest BCUT2D eigenvalue weighted by molar-refractivity contribution is 5.95. The normalized spacial score (nSPS) is 14.5. The molecule has 1 aliphatic rings. The van der Waals surface area contributed by atoms with Crippen LogP contribution in [0.2, 0.25) is 0 Å². The Morgan fingerprint density at radius 2 is 1.91 bits per heavy atom. The minimum absolute atomic E-state index is 0.704. The summed E-state index contributed by atoms with van der Waals surface area (Å²) in [5.74, 6) is 0.704. The van der Waals surface area contributed by atoms with Crippen LogP contribution in [0.25, 0.3) is 44.8 Å². The summed E-state index contributed by atoms with van der Waals surface area (Å²) in [5, 5.41) is 8.63. The molecule has 6 rings (SSSR count). The monoisotopic (exact) mass is 453 g/mol. The van der Waals surface area contributed by atoms with Crippen LogP contribution in [0.15, 0.2) is 43.0 Å². The van der Waals surface area contributed by atoms with Gasteiger partial charge in [-0.3, -0.25) is 15.1 Å². The first-order valence-electron chi connectivity index (χ1n) is 11.7. The second-order valence-corrected chi connectivity index (χ2v) is 9.17. The molecule has 1 fully saturated rings. The lowest BCUT2D eigenvalue weighted by atomic mass is 10.1. The molecule has 0 unspecified atom stereocenters. The molecule has 5 aromatic rings. The van der Waals surface area contributed by atoms with Crippen molar-refractivity contribution in [3.8, 4) is 22.8 Å². The first-order valence-corrected chi connectivity index (χ1v) is 11.7. The average Bonchev–Trinajstić information content (AvgIpc) is 3.48. The zero-order valence-electron chi connectivity index (χ0n) is 19.4. The SMILES string of the molecule is CN(C)Cc1cncc(-c2cc3c(-c4nc5c(N6CCCCC6)ccnc5[nH]4)n[nH]c3cn2)c1. The van der Waals surface area contributed by atoms with Gasteiger partial charge in [0.15, 0.2) is 11.5 Å². The number of anilines is 1. The van der Waals surface area contributed by atoms with Gasteiger partial charge in [-0.15, -0.1) is 0 Å². The Labute approximate surface area is 197 Å². The summed E-state index contributed by atoms with van der Waals surface area (Å²) in [5.41, 5.74) is 7.41. The van der Waals surface area contributed by atoms with Crippen LogP contribution in [0.4, 0.5) is 5.69 Å². The van der Waals surface area contributed by atoms with E-state index >= 15 is 0 Å².